The summed E-state index contributed by atoms with van der Waals surface area (Å²) in [6.07, 6.45) is 7.51. The fourth-order valence-electron chi connectivity index (χ4n) is 0.968. The van der Waals surface area contributed by atoms with Crippen LogP contribution in [-0.4, -0.2) is 11.0 Å². The molecule has 0 N–H and O–H groups in total. The summed E-state index contributed by atoms with van der Waals surface area (Å²) < 4.78 is 0. The fourth-order valence-corrected chi connectivity index (χ4v) is 1.13. The maximum absolute atomic E-state index is 5.64. The normalized spacial score (nSPS) is 27.9. The summed E-state index contributed by atoms with van der Waals surface area (Å²) >= 11 is 5.64. The molecule has 2 rings (SSSR count). The first kappa shape index (κ1) is 5.86. The van der Waals surface area contributed by atoms with Gasteiger partial charge in [0.25, 0.3) is 0 Å². The van der Waals surface area contributed by atoms with E-state index in [1.807, 2.05) is 12.2 Å². The molecule has 50 valence electrons. The Hall–Kier alpha value is -0.890. The lowest BCUT2D eigenvalue weighted by Gasteiger charge is -2.05. The third-order valence-electron chi connectivity index (χ3n) is 1.46. The number of nitrogens with zero attached hydrogens (tertiary/aromatic N) is 2. The van der Waals surface area contributed by atoms with E-state index in [4.69, 9.17) is 11.6 Å². The molecule has 0 aromatic heterocycles. The summed E-state index contributed by atoms with van der Waals surface area (Å²) in [5.74, 6) is 1.06. The second-order valence-corrected chi connectivity index (χ2v) is 2.54. The van der Waals surface area contributed by atoms with Gasteiger partial charge in [-0.1, -0.05) is 23.8 Å². The van der Waals surface area contributed by atoms with Crippen molar-refractivity contribution in [1.82, 2.24) is 0 Å². The number of amidine groups is 1. The van der Waals surface area contributed by atoms with Gasteiger partial charge in [0, 0.05) is 6.20 Å². The van der Waals surface area contributed by atoms with Crippen molar-refractivity contribution >= 4 is 22.6 Å². The van der Waals surface area contributed by atoms with Gasteiger partial charge in [0.2, 0.25) is 0 Å². The Balaban J connectivity index is 2.39. The number of rotatable bonds is 0. The summed E-state index contributed by atoms with van der Waals surface area (Å²) in [4.78, 5) is 8.05. The van der Waals surface area contributed by atoms with E-state index >= 15 is 0 Å². The van der Waals surface area contributed by atoms with Gasteiger partial charge in [-0.25, -0.2) is 9.98 Å². The Morgan fingerprint density at radius 2 is 2.30 bits per heavy atom. The molecule has 0 aliphatic carbocycles. The molecule has 2 aliphatic rings. The van der Waals surface area contributed by atoms with Crippen molar-refractivity contribution in [2.24, 2.45) is 15.9 Å². The third-order valence-corrected chi connectivity index (χ3v) is 1.67. The summed E-state index contributed by atoms with van der Waals surface area (Å²) in [5.41, 5.74) is 0. The maximum atomic E-state index is 5.64. The van der Waals surface area contributed by atoms with Gasteiger partial charge in [-0.05, 0) is 6.08 Å². The van der Waals surface area contributed by atoms with Crippen LogP contribution in [0.4, 0.5) is 0 Å². The van der Waals surface area contributed by atoms with Gasteiger partial charge in [-0.15, -0.1) is 0 Å². The highest BCUT2D eigenvalue weighted by molar-refractivity contribution is 6.69. The van der Waals surface area contributed by atoms with E-state index in [0.717, 1.165) is 5.84 Å². The molecule has 0 amide bonds. The largest absolute Gasteiger partial charge is 0.241 e. The quantitative estimate of drug-likeness (QED) is 0.505. The number of allylic oxidation sites excluding steroid dienone is 1. The Kier molecular flexibility index (Phi) is 1.21. The SMILES string of the molecule is ClC1=NC2=NC=C[C@@H]2C=C1. The van der Waals surface area contributed by atoms with Crippen LogP contribution in [0.5, 0.6) is 0 Å². The van der Waals surface area contributed by atoms with Gasteiger partial charge >= 0.3 is 0 Å². The zero-order chi connectivity index (χ0) is 6.97. The van der Waals surface area contributed by atoms with Crippen molar-refractivity contribution in [2.75, 3.05) is 0 Å². The second-order valence-electron chi connectivity index (χ2n) is 2.15. The molecule has 2 aliphatic heterocycles. The predicted molar refractivity (Wildman–Crippen MR) is 42.5 cm³/mol. The van der Waals surface area contributed by atoms with E-state index in [-0.39, 0.29) is 5.92 Å². The molecule has 0 saturated carbocycles. The highest BCUT2D eigenvalue weighted by atomic mass is 35.5. The Labute approximate surface area is 63.6 Å². The molecule has 3 heteroatoms. The second kappa shape index (κ2) is 2.06. The predicted octanol–water partition coefficient (Wildman–Crippen LogP) is 1.74. The van der Waals surface area contributed by atoms with Crippen molar-refractivity contribution in [2.45, 2.75) is 0 Å². The van der Waals surface area contributed by atoms with E-state index in [9.17, 15) is 0 Å². The third kappa shape index (κ3) is 0.809. The molecule has 0 spiro atoms. The molecule has 0 radical (unpaired) electrons. The number of hydrogen-bond acceptors (Lipinski definition) is 2. The van der Waals surface area contributed by atoms with Crippen molar-refractivity contribution in [3.05, 3.63) is 24.4 Å². The molecule has 2 heterocycles. The first-order chi connectivity index (χ1) is 4.86. The number of hydrogen-bond donors (Lipinski definition) is 0. The zero-order valence-electron chi connectivity index (χ0n) is 5.16. The van der Waals surface area contributed by atoms with Gasteiger partial charge in [0.1, 0.15) is 11.0 Å². The zero-order valence-corrected chi connectivity index (χ0v) is 5.92. The van der Waals surface area contributed by atoms with E-state index in [2.05, 4.69) is 9.98 Å². The monoisotopic (exact) mass is 152 g/mol. The Morgan fingerprint density at radius 1 is 1.40 bits per heavy atom. The summed E-state index contributed by atoms with van der Waals surface area (Å²) in [7, 11) is 0. The smallest absolute Gasteiger partial charge is 0.140 e. The minimum Gasteiger partial charge on any atom is -0.241 e. The molecule has 0 bridgehead atoms. The van der Waals surface area contributed by atoms with Crippen molar-refractivity contribution in [3.8, 4) is 0 Å². The van der Waals surface area contributed by atoms with Gasteiger partial charge in [0.05, 0.1) is 5.92 Å². The fraction of sp³-hybridized carbons (Fsp3) is 0.143. The minimum absolute atomic E-state index is 0.266. The van der Waals surface area contributed by atoms with Crippen LogP contribution in [0, 0.1) is 5.92 Å². The van der Waals surface area contributed by atoms with Crippen LogP contribution < -0.4 is 0 Å². The first-order valence-corrected chi connectivity index (χ1v) is 3.41. The van der Waals surface area contributed by atoms with Crippen LogP contribution in [0.25, 0.3) is 0 Å². The maximum Gasteiger partial charge on any atom is 0.140 e. The molecule has 0 unspecified atom stereocenters. The lowest BCUT2D eigenvalue weighted by Crippen LogP contribution is -2.09. The molecule has 0 aromatic carbocycles. The summed E-state index contributed by atoms with van der Waals surface area (Å²) in [5, 5.41) is 0.513. The van der Waals surface area contributed by atoms with Crippen LogP contribution in [0.2, 0.25) is 0 Å². The number of fused-ring (bicyclic) bond motifs is 1. The van der Waals surface area contributed by atoms with Crippen molar-refractivity contribution < 1.29 is 0 Å². The van der Waals surface area contributed by atoms with Crippen LogP contribution >= 0.6 is 11.6 Å². The molecule has 1 atom stereocenters. The van der Waals surface area contributed by atoms with Crippen LogP contribution in [0.1, 0.15) is 0 Å². The Bertz CT molecular complexity index is 273. The van der Waals surface area contributed by atoms with Gasteiger partial charge < -0.3 is 0 Å². The van der Waals surface area contributed by atoms with Crippen LogP contribution in [-0.2, 0) is 0 Å². The molecule has 0 fully saturated rings. The first-order valence-electron chi connectivity index (χ1n) is 3.03. The molecule has 10 heavy (non-hydrogen) atoms. The Morgan fingerprint density at radius 3 is 3.20 bits per heavy atom. The highest BCUT2D eigenvalue weighted by Gasteiger charge is 2.16. The molecular formula is C7H5ClN2. The number of halogens is 1. The van der Waals surface area contributed by atoms with Crippen molar-refractivity contribution in [1.29, 1.82) is 0 Å². The standard InChI is InChI=1S/C7H5ClN2/c8-6-2-1-5-3-4-9-7(5)10-6/h1-5H/t5-/m0/s1. The van der Waals surface area contributed by atoms with Crippen LogP contribution in [0.3, 0.4) is 0 Å². The van der Waals surface area contributed by atoms with Crippen LogP contribution in [0.15, 0.2) is 34.4 Å². The van der Waals surface area contributed by atoms with E-state index in [0.29, 0.717) is 5.17 Å². The average molecular weight is 153 g/mol. The van der Waals surface area contributed by atoms with Gasteiger partial charge in [0.15, 0.2) is 0 Å². The van der Waals surface area contributed by atoms with Gasteiger partial charge in [-0.3, -0.25) is 0 Å². The average Bonchev–Trinajstić information content (AvgIpc) is 2.33. The van der Waals surface area contributed by atoms with Crippen molar-refractivity contribution in [3.63, 3.8) is 0 Å². The molecule has 2 nitrogen and oxygen atoms in total. The lowest BCUT2D eigenvalue weighted by molar-refractivity contribution is 1.14. The topological polar surface area (TPSA) is 24.7 Å². The minimum atomic E-state index is 0.266. The number of aliphatic imine (C=N–C) groups is 2. The van der Waals surface area contributed by atoms with E-state index < -0.39 is 0 Å². The molecular weight excluding hydrogens is 148 g/mol. The molecule has 0 saturated heterocycles. The lowest BCUT2D eigenvalue weighted by atomic mass is 10.1. The summed E-state index contributed by atoms with van der Waals surface area (Å²) in [6, 6.07) is 0. The van der Waals surface area contributed by atoms with E-state index in [1.165, 1.54) is 0 Å². The molecule has 0 aromatic rings. The highest BCUT2D eigenvalue weighted by Crippen LogP contribution is 2.17. The van der Waals surface area contributed by atoms with Gasteiger partial charge in [-0.2, -0.15) is 0 Å². The summed E-state index contributed by atoms with van der Waals surface area (Å²) in [6.45, 7) is 0. The number of dihydropyridines is 1. The van der Waals surface area contributed by atoms with E-state index in [1.54, 1.807) is 12.3 Å².